The van der Waals surface area contributed by atoms with E-state index in [1.54, 1.807) is 24.4 Å². The molecule has 8 nitrogen and oxygen atoms in total. The second-order valence-electron chi connectivity index (χ2n) is 6.79. The van der Waals surface area contributed by atoms with E-state index in [4.69, 9.17) is 10.5 Å². The summed E-state index contributed by atoms with van der Waals surface area (Å²) in [7, 11) is 0. The molecule has 0 radical (unpaired) electrons. The molecular formula is C19H22ClN5O3. The summed E-state index contributed by atoms with van der Waals surface area (Å²) in [6.07, 6.45) is 2.68. The van der Waals surface area contributed by atoms with Crippen molar-refractivity contribution in [3.05, 3.63) is 64.7 Å². The Labute approximate surface area is 167 Å². The lowest BCUT2D eigenvalue weighted by Crippen LogP contribution is -2.54. The van der Waals surface area contributed by atoms with Crippen LogP contribution in [0, 0.1) is 0 Å². The normalized spacial score (nSPS) is 15.8. The van der Waals surface area contributed by atoms with Crippen LogP contribution in [0.15, 0.2) is 53.5 Å². The number of halogens is 1. The number of carbonyl (C=O) groups excluding carboxylic acids is 1. The molecule has 0 saturated carbocycles. The third-order valence-corrected chi connectivity index (χ3v) is 4.84. The number of pyridine rings is 1. The lowest BCUT2D eigenvalue weighted by molar-refractivity contribution is -0.124. The van der Waals surface area contributed by atoms with Gasteiger partial charge in [-0.1, -0.05) is 18.2 Å². The second kappa shape index (κ2) is 8.14. The molecule has 3 heterocycles. The highest BCUT2D eigenvalue weighted by Gasteiger charge is 2.35. The van der Waals surface area contributed by atoms with Crippen molar-refractivity contribution in [1.82, 2.24) is 14.2 Å². The monoisotopic (exact) mass is 403 g/mol. The van der Waals surface area contributed by atoms with Crippen molar-refractivity contribution in [3.8, 4) is 0 Å². The molecule has 3 N–H and O–H groups in total. The van der Waals surface area contributed by atoms with Gasteiger partial charge in [0.25, 0.3) is 0 Å². The number of ether oxygens (including phenoxy) is 1. The summed E-state index contributed by atoms with van der Waals surface area (Å²) in [6.45, 7) is 1.29. The van der Waals surface area contributed by atoms with E-state index in [0.29, 0.717) is 43.9 Å². The van der Waals surface area contributed by atoms with Crippen LogP contribution < -0.4 is 16.7 Å². The van der Waals surface area contributed by atoms with Crippen LogP contribution in [0.5, 0.6) is 0 Å². The molecule has 148 valence electrons. The van der Waals surface area contributed by atoms with Crippen molar-refractivity contribution in [2.45, 2.75) is 24.9 Å². The molecule has 0 atom stereocenters. The molecule has 1 fully saturated rings. The van der Waals surface area contributed by atoms with E-state index in [0.717, 1.165) is 5.56 Å². The van der Waals surface area contributed by atoms with Crippen LogP contribution in [-0.4, -0.2) is 38.8 Å². The maximum atomic E-state index is 12.6. The zero-order valence-corrected chi connectivity index (χ0v) is 16.0. The predicted molar refractivity (Wildman–Crippen MR) is 108 cm³/mol. The predicted octanol–water partition coefficient (Wildman–Crippen LogP) is 1.41. The standard InChI is InChI=1S/C19H21N5O3.ClH/c20-19(7-10-27-11-8-19)17(25)21-15-5-3-4-14(12-15)13-24-18(26)23-9-2-1-6-16(23)22-24;/h1-6,9,12H,7-8,10-11,13,20H2,(H,21,25);1H. The maximum absolute atomic E-state index is 12.6. The van der Waals surface area contributed by atoms with Gasteiger partial charge >= 0.3 is 5.69 Å². The molecule has 1 aliphatic rings. The lowest BCUT2D eigenvalue weighted by Gasteiger charge is -2.31. The van der Waals surface area contributed by atoms with Crippen molar-refractivity contribution in [3.63, 3.8) is 0 Å². The van der Waals surface area contributed by atoms with E-state index >= 15 is 0 Å². The number of aromatic nitrogens is 3. The molecule has 2 aromatic heterocycles. The SMILES string of the molecule is Cl.NC1(C(=O)Nc2cccc(Cn3nc4ccccn4c3=O)c2)CCOCC1. The Morgan fingerprint density at radius 2 is 2.00 bits per heavy atom. The molecule has 0 spiro atoms. The first kappa shape index (κ1) is 20.1. The van der Waals surface area contributed by atoms with Gasteiger partial charge in [0.2, 0.25) is 5.91 Å². The Morgan fingerprint density at radius 3 is 2.75 bits per heavy atom. The molecular weight excluding hydrogens is 382 g/mol. The highest BCUT2D eigenvalue weighted by atomic mass is 35.5. The minimum absolute atomic E-state index is 0. The fourth-order valence-electron chi connectivity index (χ4n) is 3.21. The molecule has 1 amide bonds. The minimum Gasteiger partial charge on any atom is -0.381 e. The molecule has 0 aliphatic carbocycles. The van der Waals surface area contributed by atoms with Gasteiger partial charge in [-0.15, -0.1) is 17.5 Å². The molecule has 1 aliphatic heterocycles. The zero-order valence-electron chi connectivity index (χ0n) is 15.2. The van der Waals surface area contributed by atoms with Crippen LogP contribution >= 0.6 is 12.4 Å². The minimum atomic E-state index is -0.910. The number of nitrogens with two attached hydrogens (primary N) is 1. The average molecular weight is 404 g/mol. The first-order valence-corrected chi connectivity index (χ1v) is 8.86. The summed E-state index contributed by atoms with van der Waals surface area (Å²) in [6, 6.07) is 12.8. The number of benzene rings is 1. The van der Waals surface area contributed by atoms with Crippen LogP contribution in [0.2, 0.25) is 0 Å². The first-order chi connectivity index (χ1) is 13.0. The third kappa shape index (κ3) is 3.94. The van der Waals surface area contributed by atoms with E-state index in [-0.39, 0.29) is 24.0 Å². The molecule has 3 aromatic rings. The largest absolute Gasteiger partial charge is 0.381 e. The van der Waals surface area contributed by atoms with Crippen molar-refractivity contribution in [2.24, 2.45) is 5.73 Å². The maximum Gasteiger partial charge on any atom is 0.350 e. The molecule has 0 unspecified atom stereocenters. The number of hydrogen-bond donors (Lipinski definition) is 2. The summed E-state index contributed by atoms with van der Waals surface area (Å²) < 4.78 is 8.18. The van der Waals surface area contributed by atoms with Gasteiger partial charge in [-0.05, 0) is 42.7 Å². The number of nitrogens with zero attached hydrogens (tertiary/aromatic N) is 3. The summed E-state index contributed by atoms with van der Waals surface area (Å²) in [4.78, 5) is 25.0. The highest BCUT2D eigenvalue weighted by Crippen LogP contribution is 2.21. The Morgan fingerprint density at radius 1 is 1.21 bits per heavy atom. The summed E-state index contributed by atoms with van der Waals surface area (Å²) in [5, 5.41) is 7.22. The molecule has 1 saturated heterocycles. The van der Waals surface area contributed by atoms with Crippen LogP contribution in [0.4, 0.5) is 5.69 Å². The van der Waals surface area contributed by atoms with Gasteiger partial charge in [0.1, 0.15) is 5.54 Å². The van der Waals surface area contributed by atoms with Gasteiger partial charge in [-0.2, -0.15) is 0 Å². The Bertz CT molecular complexity index is 1040. The molecule has 28 heavy (non-hydrogen) atoms. The highest BCUT2D eigenvalue weighted by molar-refractivity contribution is 5.98. The van der Waals surface area contributed by atoms with Crippen molar-refractivity contribution < 1.29 is 9.53 Å². The second-order valence-corrected chi connectivity index (χ2v) is 6.79. The van der Waals surface area contributed by atoms with Crippen molar-refractivity contribution in [2.75, 3.05) is 18.5 Å². The smallest absolute Gasteiger partial charge is 0.350 e. The summed E-state index contributed by atoms with van der Waals surface area (Å²) in [5.41, 5.74) is 7.21. The van der Waals surface area contributed by atoms with Gasteiger partial charge in [0.05, 0.1) is 6.54 Å². The summed E-state index contributed by atoms with van der Waals surface area (Å²) in [5.74, 6) is -0.215. The lowest BCUT2D eigenvalue weighted by atomic mass is 9.90. The number of carbonyl (C=O) groups is 1. The van der Waals surface area contributed by atoms with Crippen LogP contribution in [-0.2, 0) is 16.1 Å². The van der Waals surface area contributed by atoms with E-state index in [1.165, 1.54) is 9.08 Å². The number of rotatable bonds is 4. The number of fused-ring (bicyclic) bond motifs is 1. The summed E-state index contributed by atoms with van der Waals surface area (Å²) >= 11 is 0. The van der Waals surface area contributed by atoms with E-state index in [9.17, 15) is 9.59 Å². The van der Waals surface area contributed by atoms with Crippen molar-refractivity contribution >= 4 is 29.6 Å². The van der Waals surface area contributed by atoms with Gasteiger partial charge in [-0.25, -0.2) is 9.48 Å². The van der Waals surface area contributed by atoms with Gasteiger partial charge in [0.15, 0.2) is 5.65 Å². The quantitative estimate of drug-likeness (QED) is 0.685. The van der Waals surface area contributed by atoms with Crippen molar-refractivity contribution in [1.29, 1.82) is 0 Å². The zero-order chi connectivity index (χ0) is 18.9. The van der Waals surface area contributed by atoms with Gasteiger partial charge in [-0.3, -0.25) is 9.20 Å². The molecule has 1 aromatic carbocycles. The van der Waals surface area contributed by atoms with Gasteiger partial charge < -0.3 is 15.8 Å². The Hall–Kier alpha value is -2.68. The first-order valence-electron chi connectivity index (χ1n) is 8.86. The van der Waals surface area contributed by atoms with Crippen LogP contribution in [0.1, 0.15) is 18.4 Å². The fourth-order valence-corrected chi connectivity index (χ4v) is 3.21. The van der Waals surface area contributed by atoms with Crippen LogP contribution in [0.3, 0.4) is 0 Å². The van der Waals surface area contributed by atoms with Crippen LogP contribution in [0.25, 0.3) is 5.65 Å². The van der Waals surface area contributed by atoms with Gasteiger partial charge in [0, 0.05) is 25.1 Å². The molecule has 4 rings (SSSR count). The Balaban J connectivity index is 0.00000225. The van der Waals surface area contributed by atoms with E-state index in [2.05, 4.69) is 10.4 Å². The number of hydrogen-bond acceptors (Lipinski definition) is 5. The number of anilines is 1. The Kier molecular flexibility index (Phi) is 5.83. The number of amides is 1. The average Bonchev–Trinajstić information content (AvgIpc) is 2.98. The molecule has 9 heteroatoms. The third-order valence-electron chi connectivity index (χ3n) is 4.84. The topological polar surface area (TPSA) is 104 Å². The molecule has 0 bridgehead atoms. The van der Waals surface area contributed by atoms with E-state index < -0.39 is 5.54 Å². The number of nitrogens with one attached hydrogen (secondary N) is 1. The fraction of sp³-hybridized carbons (Fsp3) is 0.316. The van der Waals surface area contributed by atoms with E-state index in [1.807, 2.05) is 24.3 Å².